The van der Waals surface area contributed by atoms with Gasteiger partial charge in [0.05, 0.1) is 0 Å². The highest BCUT2D eigenvalue weighted by Crippen LogP contribution is 2.29. The molecule has 1 aliphatic heterocycles. The Balaban J connectivity index is 2.21. The highest BCUT2D eigenvalue weighted by atomic mass is 35.5. The molecular weight excluding hydrogens is 258 g/mol. The SMILES string of the molecule is O=C1Oc2ncnc(=O)n2C1c1cccc(Cl)c1. The molecule has 1 aromatic heterocycles. The topological polar surface area (TPSA) is 74.1 Å². The molecule has 0 saturated heterocycles. The zero-order valence-corrected chi connectivity index (χ0v) is 9.66. The largest absolute Gasteiger partial charge is 0.390 e. The van der Waals surface area contributed by atoms with Gasteiger partial charge in [-0.2, -0.15) is 9.97 Å². The monoisotopic (exact) mass is 263 g/mol. The number of hydrogen-bond donors (Lipinski definition) is 0. The van der Waals surface area contributed by atoms with Crippen LogP contribution in [0.25, 0.3) is 0 Å². The van der Waals surface area contributed by atoms with Crippen LogP contribution >= 0.6 is 11.6 Å². The zero-order chi connectivity index (χ0) is 12.7. The molecule has 90 valence electrons. The van der Waals surface area contributed by atoms with Crippen LogP contribution in [0, 0.1) is 0 Å². The van der Waals surface area contributed by atoms with E-state index in [1.165, 1.54) is 0 Å². The van der Waals surface area contributed by atoms with E-state index < -0.39 is 17.7 Å². The first-order valence-corrected chi connectivity index (χ1v) is 5.45. The van der Waals surface area contributed by atoms with Crippen molar-refractivity contribution in [3.63, 3.8) is 0 Å². The summed E-state index contributed by atoms with van der Waals surface area (Å²) in [7, 11) is 0. The van der Waals surface area contributed by atoms with Crippen molar-refractivity contribution in [1.82, 2.24) is 14.5 Å². The number of nitrogens with zero attached hydrogens (tertiary/aromatic N) is 3. The number of esters is 1. The minimum atomic E-state index is -0.882. The number of carbonyl (C=O) groups is 1. The fraction of sp³-hybridized carbons (Fsp3) is 0.0909. The van der Waals surface area contributed by atoms with E-state index in [-0.39, 0.29) is 6.01 Å². The average Bonchev–Trinajstić information content (AvgIpc) is 2.67. The fourth-order valence-corrected chi connectivity index (χ4v) is 2.04. The molecule has 7 heteroatoms. The number of aromatic nitrogens is 3. The van der Waals surface area contributed by atoms with Crippen molar-refractivity contribution in [2.45, 2.75) is 6.04 Å². The Hall–Kier alpha value is -2.21. The minimum absolute atomic E-state index is 0.0509. The number of benzene rings is 1. The first kappa shape index (κ1) is 10.9. The Kier molecular flexibility index (Phi) is 2.38. The molecule has 0 N–H and O–H groups in total. The van der Waals surface area contributed by atoms with Gasteiger partial charge in [-0.1, -0.05) is 23.7 Å². The molecule has 0 saturated carbocycles. The van der Waals surface area contributed by atoms with Crippen LogP contribution in [0.1, 0.15) is 11.6 Å². The molecule has 2 aromatic rings. The Morgan fingerprint density at radius 2 is 2.11 bits per heavy atom. The molecule has 0 bridgehead atoms. The summed E-state index contributed by atoms with van der Waals surface area (Å²) < 4.78 is 6.03. The predicted molar refractivity (Wildman–Crippen MR) is 61.5 cm³/mol. The standard InChI is InChI=1S/C11H6ClN3O3/c12-7-3-1-2-6(4-7)8-9(16)18-11-14-5-13-10(17)15(8)11/h1-5,8H. The van der Waals surface area contributed by atoms with Gasteiger partial charge in [0, 0.05) is 5.02 Å². The number of rotatable bonds is 1. The van der Waals surface area contributed by atoms with E-state index in [4.69, 9.17) is 16.3 Å². The summed E-state index contributed by atoms with van der Waals surface area (Å²) in [4.78, 5) is 30.7. The van der Waals surface area contributed by atoms with Crippen molar-refractivity contribution >= 4 is 17.6 Å². The summed E-state index contributed by atoms with van der Waals surface area (Å²) in [6, 6.07) is 5.72. The molecule has 1 atom stereocenters. The maximum atomic E-state index is 11.8. The van der Waals surface area contributed by atoms with E-state index in [1.807, 2.05) is 0 Å². The third-order valence-corrected chi connectivity index (χ3v) is 2.82. The second-order valence-corrected chi connectivity index (χ2v) is 4.12. The number of ether oxygens (including phenoxy) is 1. The smallest absolute Gasteiger partial charge is 0.354 e. The first-order chi connectivity index (χ1) is 8.66. The lowest BCUT2D eigenvalue weighted by molar-refractivity contribution is -0.133. The Labute approximate surface area is 106 Å². The van der Waals surface area contributed by atoms with Crippen LogP contribution in [0.3, 0.4) is 0 Å². The second-order valence-electron chi connectivity index (χ2n) is 3.69. The third-order valence-electron chi connectivity index (χ3n) is 2.59. The van der Waals surface area contributed by atoms with Crippen molar-refractivity contribution < 1.29 is 9.53 Å². The molecule has 1 aliphatic rings. The molecule has 0 amide bonds. The van der Waals surface area contributed by atoms with Gasteiger partial charge >= 0.3 is 17.7 Å². The summed E-state index contributed by atoms with van der Waals surface area (Å²) in [6.07, 6.45) is 1.06. The van der Waals surface area contributed by atoms with Crippen molar-refractivity contribution in [3.8, 4) is 6.01 Å². The molecule has 1 aromatic carbocycles. The van der Waals surface area contributed by atoms with Gasteiger partial charge in [0.15, 0.2) is 6.04 Å². The number of carbonyl (C=O) groups excluding carboxylic acids is 1. The summed E-state index contributed by atoms with van der Waals surface area (Å²) in [5.41, 5.74) is -0.0287. The van der Waals surface area contributed by atoms with Crippen molar-refractivity contribution in [2.24, 2.45) is 0 Å². The van der Waals surface area contributed by atoms with Gasteiger partial charge in [-0.05, 0) is 17.7 Å². The van der Waals surface area contributed by atoms with Crippen molar-refractivity contribution in [2.75, 3.05) is 0 Å². The summed E-state index contributed by atoms with van der Waals surface area (Å²) in [5, 5.41) is 0.471. The van der Waals surface area contributed by atoms with Crippen LogP contribution in [0.2, 0.25) is 5.02 Å². The normalized spacial score (nSPS) is 17.4. The molecule has 1 unspecified atom stereocenters. The van der Waals surface area contributed by atoms with E-state index in [9.17, 15) is 9.59 Å². The highest BCUT2D eigenvalue weighted by molar-refractivity contribution is 6.30. The quantitative estimate of drug-likeness (QED) is 0.712. The second kappa shape index (κ2) is 3.92. The van der Waals surface area contributed by atoms with Crippen LogP contribution in [0.4, 0.5) is 0 Å². The lowest BCUT2D eigenvalue weighted by atomic mass is 10.1. The van der Waals surface area contributed by atoms with Gasteiger partial charge in [0.25, 0.3) is 0 Å². The minimum Gasteiger partial charge on any atom is -0.390 e. The van der Waals surface area contributed by atoms with Crippen LogP contribution in [0.5, 0.6) is 6.01 Å². The van der Waals surface area contributed by atoms with Crippen LogP contribution in [-0.2, 0) is 4.79 Å². The van der Waals surface area contributed by atoms with Gasteiger partial charge in [-0.15, -0.1) is 0 Å². The Morgan fingerprint density at radius 1 is 1.28 bits per heavy atom. The molecule has 0 fully saturated rings. The highest BCUT2D eigenvalue weighted by Gasteiger charge is 2.36. The molecule has 3 rings (SSSR count). The van der Waals surface area contributed by atoms with Gasteiger partial charge in [0.2, 0.25) is 0 Å². The molecule has 0 aliphatic carbocycles. The Bertz CT molecular complexity index is 698. The maximum Gasteiger partial charge on any atom is 0.354 e. The van der Waals surface area contributed by atoms with E-state index >= 15 is 0 Å². The molecule has 0 radical (unpaired) electrons. The van der Waals surface area contributed by atoms with Crippen LogP contribution in [0.15, 0.2) is 35.4 Å². The molecular formula is C11H6ClN3O3. The summed E-state index contributed by atoms with van der Waals surface area (Å²) >= 11 is 5.87. The molecule has 2 heterocycles. The zero-order valence-electron chi connectivity index (χ0n) is 8.91. The lowest BCUT2D eigenvalue weighted by Gasteiger charge is -2.08. The van der Waals surface area contributed by atoms with E-state index in [0.717, 1.165) is 10.9 Å². The van der Waals surface area contributed by atoms with Gasteiger partial charge in [0.1, 0.15) is 6.33 Å². The van der Waals surface area contributed by atoms with Crippen LogP contribution in [-0.4, -0.2) is 20.5 Å². The van der Waals surface area contributed by atoms with Gasteiger partial charge in [-0.3, -0.25) is 0 Å². The number of hydrogen-bond acceptors (Lipinski definition) is 5. The number of halogens is 1. The van der Waals surface area contributed by atoms with E-state index in [2.05, 4.69) is 9.97 Å². The van der Waals surface area contributed by atoms with Crippen LogP contribution < -0.4 is 10.4 Å². The predicted octanol–water partition coefficient (Wildman–Crippen LogP) is 0.800. The summed E-state index contributed by atoms with van der Waals surface area (Å²) in [5.74, 6) is -0.574. The van der Waals surface area contributed by atoms with Gasteiger partial charge < -0.3 is 4.74 Å². The van der Waals surface area contributed by atoms with Crippen molar-refractivity contribution in [3.05, 3.63) is 51.7 Å². The molecule has 6 nitrogen and oxygen atoms in total. The molecule has 18 heavy (non-hydrogen) atoms. The Morgan fingerprint density at radius 3 is 2.89 bits per heavy atom. The fourth-order valence-electron chi connectivity index (χ4n) is 1.84. The van der Waals surface area contributed by atoms with Crippen molar-refractivity contribution in [1.29, 1.82) is 0 Å². The average molecular weight is 264 g/mol. The first-order valence-electron chi connectivity index (χ1n) is 5.07. The van der Waals surface area contributed by atoms with Gasteiger partial charge in [-0.25, -0.2) is 14.2 Å². The summed E-state index contributed by atoms with van der Waals surface area (Å²) in [6.45, 7) is 0. The third kappa shape index (κ3) is 1.58. The molecule has 0 spiro atoms. The number of fused-ring (bicyclic) bond motifs is 1. The maximum absolute atomic E-state index is 11.8. The van der Waals surface area contributed by atoms with E-state index in [1.54, 1.807) is 24.3 Å². The van der Waals surface area contributed by atoms with E-state index in [0.29, 0.717) is 10.6 Å². The lowest BCUT2D eigenvalue weighted by Crippen LogP contribution is -2.27.